The van der Waals surface area contributed by atoms with Crippen LogP contribution in [0.2, 0.25) is 0 Å². The number of nitrogens with one attached hydrogen (secondary N) is 1. The number of hydrogen-bond donors (Lipinski definition) is 3. The highest BCUT2D eigenvalue weighted by Gasteiger charge is 2.26. The van der Waals surface area contributed by atoms with E-state index in [4.69, 9.17) is 5.11 Å². The molecule has 0 aliphatic heterocycles. The molecule has 4 heteroatoms. The molecular weight excluding hydrogens is 198 g/mol. The summed E-state index contributed by atoms with van der Waals surface area (Å²) in [6.07, 6.45) is 3.16. The molecule has 2 unspecified atom stereocenters. The van der Waals surface area contributed by atoms with E-state index in [0.717, 1.165) is 5.75 Å². The van der Waals surface area contributed by atoms with Crippen molar-refractivity contribution in [1.82, 2.24) is 5.32 Å². The molecule has 0 radical (unpaired) electrons. The fourth-order valence-corrected chi connectivity index (χ4v) is 3.15. The van der Waals surface area contributed by atoms with Crippen molar-refractivity contribution in [3.8, 4) is 0 Å². The maximum Gasteiger partial charge on any atom is 0.0895 e. The van der Waals surface area contributed by atoms with E-state index in [1.54, 1.807) is 0 Å². The van der Waals surface area contributed by atoms with Crippen molar-refractivity contribution in [2.75, 3.05) is 18.9 Å². The van der Waals surface area contributed by atoms with Gasteiger partial charge in [-0.15, -0.1) is 0 Å². The van der Waals surface area contributed by atoms with Gasteiger partial charge in [0.05, 0.1) is 12.7 Å². The molecule has 0 bridgehead atoms. The molecule has 1 aliphatic carbocycles. The highest BCUT2D eigenvalue weighted by Crippen LogP contribution is 2.29. The first-order valence-corrected chi connectivity index (χ1v) is 6.46. The van der Waals surface area contributed by atoms with Crippen molar-refractivity contribution in [2.24, 2.45) is 0 Å². The summed E-state index contributed by atoms with van der Waals surface area (Å²) < 4.78 is 0. The summed E-state index contributed by atoms with van der Waals surface area (Å²) in [4.78, 5) is 0. The minimum absolute atomic E-state index is 0.148. The third-order valence-electron chi connectivity index (χ3n) is 2.66. The molecule has 0 amide bonds. The van der Waals surface area contributed by atoms with Gasteiger partial charge in [-0.1, -0.05) is 13.3 Å². The number of rotatable bonds is 6. The van der Waals surface area contributed by atoms with E-state index in [0.29, 0.717) is 17.8 Å². The minimum Gasteiger partial charge on any atom is -0.394 e. The molecule has 84 valence electrons. The second-order valence-electron chi connectivity index (χ2n) is 3.78. The summed E-state index contributed by atoms with van der Waals surface area (Å²) in [5.41, 5.74) is 0. The molecule has 3 nitrogen and oxygen atoms in total. The van der Waals surface area contributed by atoms with E-state index in [-0.39, 0.29) is 6.61 Å². The van der Waals surface area contributed by atoms with Gasteiger partial charge in [0.25, 0.3) is 0 Å². The Bertz CT molecular complexity index is 157. The van der Waals surface area contributed by atoms with E-state index < -0.39 is 6.10 Å². The van der Waals surface area contributed by atoms with Gasteiger partial charge in [-0.3, -0.25) is 0 Å². The van der Waals surface area contributed by atoms with Gasteiger partial charge in [0.1, 0.15) is 0 Å². The van der Waals surface area contributed by atoms with E-state index in [9.17, 15) is 5.11 Å². The second kappa shape index (κ2) is 6.67. The monoisotopic (exact) mass is 219 g/mol. The predicted molar refractivity (Wildman–Crippen MR) is 60.7 cm³/mol. The molecule has 0 aromatic heterocycles. The lowest BCUT2D eigenvalue weighted by molar-refractivity contribution is 0.0922. The van der Waals surface area contributed by atoms with Crippen LogP contribution >= 0.6 is 11.8 Å². The smallest absolute Gasteiger partial charge is 0.0895 e. The summed E-state index contributed by atoms with van der Waals surface area (Å²) in [6, 6.07) is 0.529. The van der Waals surface area contributed by atoms with E-state index in [1.807, 2.05) is 11.8 Å². The van der Waals surface area contributed by atoms with Gasteiger partial charge >= 0.3 is 0 Å². The first-order valence-electron chi connectivity index (χ1n) is 5.41. The molecule has 0 heterocycles. The SMILES string of the molecule is CCSC1CCCC1NC[C@H](O)CO. The first kappa shape index (κ1) is 12.3. The zero-order valence-electron chi connectivity index (χ0n) is 8.78. The van der Waals surface area contributed by atoms with Gasteiger partial charge in [-0.2, -0.15) is 11.8 Å². The fraction of sp³-hybridized carbons (Fsp3) is 1.00. The highest BCUT2D eigenvalue weighted by molar-refractivity contribution is 7.99. The third-order valence-corrected chi connectivity index (χ3v) is 3.99. The van der Waals surface area contributed by atoms with Crippen LogP contribution in [0, 0.1) is 0 Å². The van der Waals surface area contributed by atoms with Crippen LogP contribution in [0.3, 0.4) is 0 Å². The summed E-state index contributed by atoms with van der Waals surface area (Å²) in [5.74, 6) is 1.16. The maximum absolute atomic E-state index is 9.22. The Morgan fingerprint density at radius 1 is 1.50 bits per heavy atom. The molecule has 1 saturated carbocycles. The van der Waals surface area contributed by atoms with Crippen molar-refractivity contribution in [1.29, 1.82) is 0 Å². The van der Waals surface area contributed by atoms with Crippen molar-refractivity contribution >= 4 is 11.8 Å². The summed E-state index contributed by atoms with van der Waals surface area (Å²) in [7, 11) is 0. The minimum atomic E-state index is -0.608. The lowest BCUT2D eigenvalue weighted by Gasteiger charge is -2.21. The molecule has 3 N–H and O–H groups in total. The zero-order chi connectivity index (χ0) is 10.4. The van der Waals surface area contributed by atoms with Gasteiger partial charge < -0.3 is 15.5 Å². The Balaban J connectivity index is 2.21. The van der Waals surface area contributed by atoms with Crippen molar-refractivity contribution in [3.63, 3.8) is 0 Å². The summed E-state index contributed by atoms with van der Waals surface area (Å²) >= 11 is 2.00. The zero-order valence-corrected chi connectivity index (χ0v) is 9.59. The average molecular weight is 219 g/mol. The number of thioether (sulfide) groups is 1. The van der Waals surface area contributed by atoms with Crippen LogP contribution in [0.5, 0.6) is 0 Å². The predicted octanol–water partition coefficient (Wildman–Crippen LogP) is 0.603. The number of aliphatic hydroxyl groups is 2. The quantitative estimate of drug-likeness (QED) is 0.612. The van der Waals surface area contributed by atoms with Crippen molar-refractivity contribution in [3.05, 3.63) is 0 Å². The summed E-state index contributed by atoms with van der Waals surface area (Å²) in [6.45, 7) is 2.55. The van der Waals surface area contributed by atoms with Crippen molar-refractivity contribution in [2.45, 2.75) is 43.6 Å². The van der Waals surface area contributed by atoms with Gasteiger partial charge in [-0.25, -0.2) is 0 Å². The molecule has 0 aromatic carbocycles. The van der Waals surface area contributed by atoms with Crippen molar-refractivity contribution < 1.29 is 10.2 Å². The molecule has 1 fully saturated rings. The van der Waals surface area contributed by atoms with E-state index >= 15 is 0 Å². The Labute approximate surface area is 90.3 Å². The molecule has 0 saturated heterocycles. The highest BCUT2D eigenvalue weighted by atomic mass is 32.2. The number of aliphatic hydroxyl groups excluding tert-OH is 2. The third kappa shape index (κ3) is 3.77. The largest absolute Gasteiger partial charge is 0.394 e. The standard InChI is InChI=1S/C10H21NO2S/c1-2-14-10-5-3-4-9(10)11-6-8(13)7-12/h8-13H,2-7H2,1H3/t8-,9?,10?/m0/s1. The average Bonchev–Trinajstić information content (AvgIpc) is 2.62. The number of hydrogen-bond acceptors (Lipinski definition) is 4. The topological polar surface area (TPSA) is 52.5 Å². The van der Waals surface area contributed by atoms with Gasteiger partial charge in [-0.05, 0) is 18.6 Å². The van der Waals surface area contributed by atoms with Crippen LogP contribution < -0.4 is 5.32 Å². The second-order valence-corrected chi connectivity index (χ2v) is 5.29. The molecular formula is C10H21NO2S. The Kier molecular flexibility index (Phi) is 5.86. The molecule has 0 spiro atoms. The van der Waals surface area contributed by atoms with Crippen LogP contribution in [0.1, 0.15) is 26.2 Å². The fourth-order valence-electron chi connectivity index (χ4n) is 1.93. The Morgan fingerprint density at radius 3 is 2.93 bits per heavy atom. The Morgan fingerprint density at radius 2 is 2.29 bits per heavy atom. The molecule has 14 heavy (non-hydrogen) atoms. The summed E-state index contributed by atoms with van der Waals surface area (Å²) in [5, 5.41) is 21.9. The molecule has 0 aromatic rings. The first-order chi connectivity index (χ1) is 6.77. The van der Waals surface area contributed by atoms with Crippen LogP contribution in [0.25, 0.3) is 0 Å². The molecule has 1 aliphatic rings. The van der Waals surface area contributed by atoms with Gasteiger partial charge in [0, 0.05) is 17.8 Å². The maximum atomic E-state index is 9.22. The van der Waals surface area contributed by atoms with Gasteiger partial charge in [0.2, 0.25) is 0 Å². The lowest BCUT2D eigenvalue weighted by Crippen LogP contribution is -2.40. The Hall–Kier alpha value is 0.230. The molecule has 3 atom stereocenters. The van der Waals surface area contributed by atoms with Crippen LogP contribution in [-0.2, 0) is 0 Å². The molecule has 1 rings (SSSR count). The normalized spacial score (nSPS) is 29.4. The van der Waals surface area contributed by atoms with Crippen LogP contribution in [0.4, 0.5) is 0 Å². The van der Waals surface area contributed by atoms with Crippen LogP contribution in [0.15, 0.2) is 0 Å². The van der Waals surface area contributed by atoms with E-state index in [2.05, 4.69) is 12.2 Å². The lowest BCUT2D eigenvalue weighted by atomic mass is 10.2. The van der Waals surface area contributed by atoms with Crippen LogP contribution in [-0.4, -0.2) is 46.5 Å². The van der Waals surface area contributed by atoms with E-state index in [1.165, 1.54) is 19.3 Å². The van der Waals surface area contributed by atoms with Gasteiger partial charge in [0.15, 0.2) is 0 Å².